The molecular weight excluding hydrogens is 392 g/mol. The van der Waals surface area contributed by atoms with Gasteiger partial charge in [-0.3, -0.25) is 4.98 Å². The molecule has 5 rings (SSSR count). The van der Waals surface area contributed by atoms with E-state index in [4.69, 9.17) is 14.6 Å². The zero-order valence-electron chi connectivity index (χ0n) is 18.0. The normalized spacial score (nSPS) is 19.7. The first-order chi connectivity index (χ1) is 14.9. The molecule has 5 heterocycles. The van der Waals surface area contributed by atoms with Gasteiger partial charge in [0.2, 0.25) is 0 Å². The molecule has 0 saturated carbocycles. The Labute approximate surface area is 180 Å². The van der Waals surface area contributed by atoms with Crippen molar-refractivity contribution >= 4 is 11.5 Å². The molecule has 0 bridgehead atoms. The van der Waals surface area contributed by atoms with Crippen molar-refractivity contribution in [2.24, 2.45) is 0 Å². The van der Waals surface area contributed by atoms with Crippen LogP contribution in [0.5, 0.6) is 0 Å². The maximum Gasteiger partial charge on any atom is 0.158 e. The lowest BCUT2D eigenvalue weighted by Crippen LogP contribution is -2.31. The Hall–Kier alpha value is -3.26. The van der Waals surface area contributed by atoms with Gasteiger partial charge in [-0.15, -0.1) is 0 Å². The number of aromatic nitrogens is 5. The number of aliphatic hydroxyl groups is 1. The highest BCUT2D eigenvalue weighted by molar-refractivity contribution is 5.65. The van der Waals surface area contributed by atoms with E-state index in [-0.39, 0.29) is 0 Å². The molecule has 0 aliphatic carbocycles. The Kier molecular flexibility index (Phi) is 4.74. The van der Waals surface area contributed by atoms with Gasteiger partial charge in [0.05, 0.1) is 5.60 Å². The minimum atomic E-state index is -0.869. The maximum absolute atomic E-state index is 11.4. The first kappa shape index (κ1) is 19.7. The summed E-state index contributed by atoms with van der Waals surface area (Å²) >= 11 is 0. The molecule has 8 heteroatoms. The summed E-state index contributed by atoms with van der Waals surface area (Å²) in [5.41, 5.74) is 4.28. The van der Waals surface area contributed by atoms with Crippen molar-refractivity contribution in [1.29, 1.82) is 0 Å². The summed E-state index contributed by atoms with van der Waals surface area (Å²) in [6, 6.07) is 7.66. The van der Waals surface area contributed by atoms with Crippen LogP contribution in [0.1, 0.15) is 41.8 Å². The van der Waals surface area contributed by atoms with E-state index < -0.39 is 5.60 Å². The van der Waals surface area contributed by atoms with Crippen LogP contribution < -0.4 is 4.90 Å². The number of hydrogen-bond acceptors (Lipinski definition) is 7. The standard InChI is InChI=1S/C23H26N6O2/c1-15-12-20(27-31-15)19-13-21-25-17(3)16(2)22(29(21)26-19)28-10-5-7-23(30,8-11-28)18-6-4-9-24-14-18/h4,6,9,12-14,30H,5,7-8,10-11H2,1-3H3/t23-/m0/s1. The van der Waals surface area contributed by atoms with E-state index in [1.54, 1.807) is 12.4 Å². The van der Waals surface area contributed by atoms with Gasteiger partial charge in [0, 0.05) is 54.4 Å². The van der Waals surface area contributed by atoms with Crippen molar-refractivity contribution in [2.45, 2.75) is 45.6 Å². The van der Waals surface area contributed by atoms with E-state index in [0.29, 0.717) is 25.1 Å². The molecule has 1 atom stereocenters. The summed E-state index contributed by atoms with van der Waals surface area (Å²) in [5, 5.41) is 20.3. The van der Waals surface area contributed by atoms with Gasteiger partial charge in [-0.25, -0.2) is 4.98 Å². The number of fused-ring (bicyclic) bond motifs is 1. The molecule has 0 unspecified atom stereocenters. The van der Waals surface area contributed by atoms with Crippen molar-refractivity contribution in [1.82, 2.24) is 24.7 Å². The van der Waals surface area contributed by atoms with Gasteiger partial charge in [-0.2, -0.15) is 9.61 Å². The molecule has 4 aromatic rings. The molecule has 1 saturated heterocycles. The number of hydrogen-bond donors (Lipinski definition) is 1. The van der Waals surface area contributed by atoms with E-state index in [0.717, 1.165) is 52.7 Å². The van der Waals surface area contributed by atoms with Crippen molar-refractivity contribution in [3.8, 4) is 11.4 Å². The predicted molar refractivity (Wildman–Crippen MR) is 117 cm³/mol. The Morgan fingerprint density at radius 1 is 1.10 bits per heavy atom. The lowest BCUT2D eigenvalue weighted by molar-refractivity contribution is 0.0241. The number of anilines is 1. The van der Waals surface area contributed by atoms with Crippen LogP contribution in [0, 0.1) is 20.8 Å². The van der Waals surface area contributed by atoms with Crippen molar-refractivity contribution in [3.05, 3.63) is 59.2 Å². The molecule has 31 heavy (non-hydrogen) atoms. The lowest BCUT2D eigenvalue weighted by atomic mass is 9.88. The van der Waals surface area contributed by atoms with E-state index in [1.165, 1.54) is 0 Å². The lowest BCUT2D eigenvalue weighted by Gasteiger charge is -2.28. The fraction of sp³-hybridized carbons (Fsp3) is 0.391. The van der Waals surface area contributed by atoms with E-state index in [1.807, 2.05) is 42.6 Å². The molecule has 0 amide bonds. The molecule has 1 fully saturated rings. The number of pyridine rings is 1. The van der Waals surface area contributed by atoms with Crippen LogP contribution in [0.3, 0.4) is 0 Å². The Bertz CT molecular complexity index is 1230. The predicted octanol–water partition coefficient (Wildman–Crippen LogP) is 3.58. The second kappa shape index (κ2) is 7.46. The third kappa shape index (κ3) is 3.46. The SMILES string of the molecule is Cc1cc(-c2cc3nc(C)c(C)c(N4CCC[C@@](O)(c5cccnc5)CC4)n3n2)no1. The molecule has 4 aromatic heterocycles. The smallest absolute Gasteiger partial charge is 0.158 e. The first-order valence-corrected chi connectivity index (χ1v) is 10.6. The monoisotopic (exact) mass is 418 g/mol. The van der Waals surface area contributed by atoms with E-state index >= 15 is 0 Å². The van der Waals surface area contributed by atoms with Crippen LogP contribution in [-0.4, -0.2) is 42.9 Å². The largest absolute Gasteiger partial charge is 0.385 e. The fourth-order valence-electron chi connectivity index (χ4n) is 4.42. The van der Waals surface area contributed by atoms with Crippen LogP contribution in [0.15, 0.2) is 41.2 Å². The van der Waals surface area contributed by atoms with Gasteiger partial charge in [-0.1, -0.05) is 11.2 Å². The van der Waals surface area contributed by atoms with Crippen LogP contribution in [-0.2, 0) is 5.60 Å². The van der Waals surface area contributed by atoms with Crippen LogP contribution in [0.4, 0.5) is 5.82 Å². The van der Waals surface area contributed by atoms with Gasteiger partial charge < -0.3 is 14.5 Å². The highest BCUT2D eigenvalue weighted by atomic mass is 16.5. The average molecular weight is 419 g/mol. The van der Waals surface area contributed by atoms with E-state index in [9.17, 15) is 5.11 Å². The molecular formula is C23H26N6O2. The second-order valence-electron chi connectivity index (χ2n) is 8.38. The second-order valence-corrected chi connectivity index (χ2v) is 8.38. The highest BCUT2D eigenvalue weighted by Crippen LogP contribution is 2.35. The van der Waals surface area contributed by atoms with Crippen LogP contribution in [0.25, 0.3) is 17.0 Å². The first-order valence-electron chi connectivity index (χ1n) is 10.6. The van der Waals surface area contributed by atoms with Gasteiger partial charge in [0.25, 0.3) is 0 Å². The fourth-order valence-corrected chi connectivity index (χ4v) is 4.42. The van der Waals surface area contributed by atoms with Crippen LogP contribution >= 0.6 is 0 Å². The highest BCUT2D eigenvalue weighted by Gasteiger charge is 2.33. The number of nitrogens with zero attached hydrogens (tertiary/aromatic N) is 6. The average Bonchev–Trinajstić information content (AvgIpc) is 3.33. The van der Waals surface area contributed by atoms with Gasteiger partial charge >= 0.3 is 0 Å². The van der Waals surface area contributed by atoms with Crippen molar-refractivity contribution in [2.75, 3.05) is 18.0 Å². The molecule has 0 radical (unpaired) electrons. The quantitative estimate of drug-likeness (QED) is 0.543. The van der Waals surface area contributed by atoms with Gasteiger partial charge in [-0.05, 0) is 46.1 Å². The summed E-state index contributed by atoms with van der Waals surface area (Å²) < 4.78 is 7.13. The Morgan fingerprint density at radius 2 is 1.97 bits per heavy atom. The van der Waals surface area contributed by atoms with Crippen molar-refractivity contribution in [3.63, 3.8) is 0 Å². The minimum Gasteiger partial charge on any atom is -0.385 e. The third-order valence-electron chi connectivity index (χ3n) is 6.25. The summed E-state index contributed by atoms with van der Waals surface area (Å²) in [5.74, 6) is 1.76. The molecule has 0 aromatic carbocycles. The molecule has 0 spiro atoms. The summed E-state index contributed by atoms with van der Waals surface area (Å²) in [7, 11) is 0. The topological polar surface area (TPSA) is 92.6 Å². The summed E-state index contributed by atoms with van der Waals surface area (Å²) in [4.78, 5) is 11.3. The third-order valence-corrected chi connectivity index (χ3v) is 6.25. The molecule has 1 aliphatic heterocycles. The van der Waals surface area contributed by atoms with Crippen LogP contribution in [0.2, 0.25) is 0 Å². The van der Waals surface area contributed by atoms with Crippen molar-refractivity contribution < 1.29 is 9.63 Å². The number of aryl methyl sites for hydroxylation is 2. The molecule has 1 aliphatic rings. The van der Waals surface area contributed by atoms with Gasteiger partial charge in [0.1, 0.15) is 23.0 Å². The number of rotatable bonds is 3. The van der Waals surface area contributed by atoms with Gasteiger partial charge in [0.15, 0.2) is 5.65 Å². The zero-order valence-corrected chi connectivity index (χ0v) is 18.0. The summed E-state index contributed by atoms with van der Waals surface area (Å²) in [6.07, 6.45) is 5.70. The molecule has 160 valence electrons. The molecule has 1 N–H and O–H groups in total. The maximum atomic E-state index is 11.4. The molecule has 8 nitrogen and oxygen atoms in total. The zero-order chi connectivity index (χ0) is 21.6. The minimum absolute atomic E-state index is 0.623. The van der Waals surface area contributed by atoms with E-state index in [2.05, 4.69) is 22.0 Å². The Balaban J connectivity index is 1.53. The summed E-state index contributed by atoms with van der Waals surface area (Å²) in [6.45, 7) is 7.51. The Morgan fingerprint density at radius 3 is 2.71 bits per heavy atom.